The topological polar surface area (TPSA) is 84.5 Å². The SMILES string of the molecule is CC[C@@H](C)NC(=O)CNS(=O)(=O)c1ccc(OC)cc1. The van der Waals surface area contributed by atoms with Crippen LogP contribution in [-0.2, 0) is 14.8 Å². The molecule has 2 N–H and O–H groups in total. The average Bonchev–Trinajstić information content (AvgIpc) is 2.45. The minimum Gasteiger partial charge on any atom is -0.497 e. The summed E-state index contributed by atoms with van der Waals surface area (Å²) in [4.78, 5) is 11.6. The molecule has 20 heavy (non-hydrogen) atoms. The van der Waals surface area contributed by atoms with E-state index in [0.717, 1.165) is 6.42 Å². The van der Waals surface area contributed by atoms with E-state index in [1.807, 2.05) is 13.8 Å². The number of rotatable bonds is 7. The highest BCUT2D eigenvalue weighted by atomic mass is 32.2. The lowest BCUT2D eigenvalue weighted by molar-refractivity contribution is -0.120. The smallest absolute Gasteiger partial charge is 0.241 e. The van der Waals surface area contributed by atoms with Crippen molar-refractivity contribution in [2.45, 2.75) is 31.2 Å². The summed E-state index contributed by atoms with van der Waals surface area (Å²) < 4.78 is 31.1. The van der Waals surface area contributed by atoms with Gasteiger partial charge in [-0.05, 0) is 37.6 Å². The van der Waals surface area contributed by atoms with Gasteiger partial charge < -0.3 is 10.1 Å². The highest BCUT2D eigenvalue weighted by Gasteiger charge is 2.16. The maximum atomic E-state index is 12.0. The van der Waals surface area contributed by atoms with Crippen molar-refractivity contribution in [2.24, 2.45) is 0 Å². The Labute approximate surface area is 119 Å². The highest BCUT2D eigenvalue weighted by Crippen LogP contribution is 2.14. The average molecular weight is 300 g/mol. The Morgan fingerprint density at radius 1 is 1.30 bits per heavy atom. The van der Waals surface area contributed by atoms with Gasteiger partial charge in [-0.25, -0.2) is 13.1 Å². The first kappa shape index (κ1) is 16.5. The first-order chi connectivity index (χ1) is 9.39. The quantitative estimate of drug-likeness (QED) is 0.783. The zero-order valence-electron chi connectivity index (χ0n) is 11.8. The summed E-state index contributed by atoms with van der Waals surface area (Å²) in [5, 5.41) is 2.69. The molecule has 0 fully saturated rings. The van der Waals surface area contributed by atoms with E-state index in [9.17, 15) is 13.2 Å². The molecule has 0 radical (unpaired) electrons. The summed E-state index contributed by atoms with van der Waals surface area (Å²) in [5.41, 5.74) is 0. The highest BCUT2D eigenvalue weighted by molar-refractivity contribution is 7.89. The molecule has 1 aromatic carbocycles. The molecule has 0 aliphatic rings. The molecule has 0 aliphatic heterocycles. The van der Waals surface area contributed by atoms with E-state index in [1.54, 1.807) is 12.1 Å². The van der Waals surface area contributed by atoms with Gasteiger partial charge >= 0.3 is 0 Å². The van der Waals surface area contributed by atoms with Gasteiger partial charge in [0.15, 0.2) is 0 Å². The van der Waals surface area contributed by atoms with Crippen LogP contribution in [0.15, 0.2) is 29.2 Å². The Kier molecular flexibility index (Phi) is 5.97. The third-order valence-electron chi connectivity index (χ3n) is 2.81. The second kappa shape index (κ2) is 7.25. The van der Waals surface area contributed by atoms with Crippen molar-refractivity contribution < 1.29 is 17.9 Å². The molecular weight excluding hydrogens is 280 g/mol. The maximum Gasteiger partial charge on any atom is 0.241 e. The van der Waals surface area contributed by atoms with Gasteiger partial charge in [-0.2, -0.15) is 0 Å². The summed E-state index contributed by atoms with van der Waals surface area (Å²) in [5.74, 6) is 0.218. The number of methoxy groups -OCH3 is 1. The van der Waals surface area contributed by atoms with Crippen molar-refractivity contribution in [1.82, 2.24) is 10.0 Å². The van der Waals surface area contributed by atoms with Crippen LogP contribution in [0.3, 0.4) is 0 Å². The van der Waals surface area contributed by atoms with E-state index in [0.29, 0.717) is 5.75 Å². The fourth-order valence-corrected chi connectivity index (χ4v) is 2.41. The largest absolute Gasteiger partial charge is 0.497 e. The van der Waals surface area contributed by atoms with Crippen LogP contribution in [0.1, 0.15) is 20.3 Å². The number of nitrogens with one attached hydrogen (secondary N) is 2. The summed E-state index contributed by atoms with van der Waals surface area (Å²) in [6.45, 7) is 3.51. The molecule has 0 aromatic heterocycles. The van der Waals surface area contributed by atoms with Gasteiger partial charge in [0.05, 0.1) is 18.6 Å². The molecule has 0 bridgehead atoms. The Morgan fingerprint density at radius 2 is 1.90 bits per heavy atom. The second-order valence-corrected chi connectivity index (χ2v) is 6.14. The Bertz CT molecular complexity index is 540. The van der Waals surface area contributed by atoms with Crippen molar-refractivity contribution in [3.63, 3.8) is 0 Å². The first-order valence-electron chi connectivity index (χ1n) is 6.32. The van der Waals surface area contributed by atoms with Crippen LogP contribution in [0.25, 0.3) is 0 Å². The molecular formula is C13H20N2O4S. The van der Waals surface area contributed by atoms with Crippen molar-refractivity contribution >= 4 is 15.9 Å². The van der Waals surface area contributed by atoms with E-state index in [-0.39, 0.29) is 23.4 Å². The molecule has 0 spiro atoms. The standard InChI is InChI=1S/C13H20N2O4S/c1-4-10(2)15-13(16)9-14-20(17,18)12-7-5-11(19-3)6-8-12/h5-8,10,14H,4,9H2,1-3H3,(H,15,16)/t10-/m1/s1. The van der Waals surface area contributed by atoms with E-state index in [2.05, 4.69) is 10.0 Å². The van der Waals surface area contributed by atoms with Crippen LogP contribution in [0.2, 0.25) is 0 Å². The van der Waals surface area contributed by atoms with E-state index < -0.39 is 10.0 Å². The summed E-state index contributed by atoms with van der Waals surface area (Å²) in [6, 6.07) is 5.97. The Morgan fingerprint density at radius 3 is 2.40 bits per heavy atom. The molecule has 1 aromatic rings. The van der Waals surface area contributed by atoms with E-state index >= 15 is 0 Å². The third kappa shape index (κ3) is 4.82. The lowest BCUT2D eigenvalue weighted by Gasteiger charge is -2.12. The fraction of sp³-hybridized carbons (Fsp3) is 0.462. The monoisotopic (exact) mass is 300 g/mol. The molecule has 1 atom stereocenters. The Balaban J connectivity index is 2.63. The minimum absolute atomic E-state index is 0.0213. The first-order valence-corrected chi connectivity index (χ1v) is 7.80. The molecule has 6 nitrogen and oxygen atoms in total. The van der Waals surface area contributed by atoms with Crippen molar-refractivity contribution in [2.75, 3.05) is 13.7 Å². The number of carbonyl (C=O) groups excluding carboxylic acids is 1. The van der Waals surface area contributed by atoms with Gasteiger partial charge in [0.25, 0.3) is 0 Å². The molecule has 7 heteroatoms. The number of carbonyl (C=O) groups is 1. The van der Waals surface area contributed by atoms with Gasteiger partial charge in [0.2, 0.25) is 15.9 Å². The van der Waals surface area contributed by atoms with Crippen LogP contribution in [-0.4, -0.2) is 34.0 Å². The van der Waals surface area contributed by atoms with Gasteiger partial charge in [-0.3, -0.25) is 4.79 Å². The number of amides is 1. The van der Waals surface area contributed by atoms with Crippen molar-refractivity contribution in [1.29, 1.82) is 0 Å². The summed E-state index contributed by atoms with van der Waals surface area (Å²) in [6.07, 6.45) is 0.789. The normalized spacial score (nSPS) is 12.8. The molecule has 1 rings (SSSR count). The molecule has 112 valence electrons. The number of sulfonamides is 1. The van der Waals surface area contributed by atoms with Gasteiger partial charge in [0.1, 0.15) is 5.75 Å². The zero-order valence-corrected chi connectivity index (χ0v) is 12.7. The lowest BCUT2D eigenvalue weighted by Crippen LogP contribution is -2.40. The molecule has 0 aliphatic carbocycles. The molecule has 1 amide bonds. The predicted octanol–water partition coefficient (Wildman–Crippen LogP) is 0.888. The third-order valence-corrected chi connectivity index (χ3v) is 4.23. The molecule has 0 saturated carbocycles. The van der Waals surface area contributed by atoms with E-state index in [1.165, 1.54) is 19.2 Å². The van der Waals surface area contributed by atoms with Crippen molar-refractivity contribution in [3.05, 3.63) is 24.3 Å². The van der Waals surface area contributed by atoms with Crippen LogP contribution in [0, 0.1) is 0 Å². The van der Waals surface area contributed by atoms with Crippen molar-refractivity contribution in [3.8, 4) is 5.75 Å². The lowest BCUT2D eigenvalue weighted by atomic mass is 10.2. The van der Waals surface area contributed by atoms with Gasteiger partial charge in [0, 0.05) is 6.04 Å². The number of hydrogen-bond acceptors (Lipinski definition) is 4. The predicted molar refractivity (Wildman–Crippen MR) is 76.1 cm³/mol. The molecule has 0 unspecified atom stereocenters. The molecule has 0 heterocycles. The van der Waals surface area contributed by atoms with Gasteiger partial charge in [-0.1, -0.05) is 6.92 Å². The second-order valence-electron chi connectivity index (χ2n) is 4.38. The maximum absolute atomic E-state index is 12.0. The Hall–Kier alpha value is -1.60. The molecule has 0 saturated heterocycles. The van der Waals surface area contributed by atoms with Crippen LogP contribution in [0.5, 0.6) is 5.75 Å². The van der Waals surface area contributed by atoms with E-state index in [4.69, 9.17) is 4.74 Å². The zero-order chi connectivity index (χ0) is 15.2. The fourth-order valence-electron chi connectivity index (χ4n) is 1.43. The van der Waals surface area contributed by atoms with Crippen LogP contribution in [0.4, 0.5) is 0 Å². The van der Waals surface area contributed by atoms with Gasteiger partial charge in [-0.15, -0.1) is 0 Å². The van der Waals surface area contributed by atoms with Crippen LogP contribution < -0.4 is 14.8 Å². The summed E-state index contributed by atoms with van der Waals surface area (Å²) in [7, 11) is -2.19. The minimum atomic E-state index is -3.69. The summed E-state index contributed by atoms with van der Waals surface area (Å²) >= 11 is 0. The number of ether oxygens (including phenoxy) is 1. The van der Waals surface area contributed by atoms with Crippen LogP contribution >= 0.6 is 0 Å². The number of hydrogen-bond donors (Lipinski definition) is 2. The number of benzene rings is 1.